The number of carbonyl (C=O) groups excluding carboxylic acids is 1. The molecule has 0 aliphatic carbocycles. The van der Waals surface area contributed by atoms with Gasteiger partial charge >= 0.3 is 0 Å². The van der Waals surface area contributed by atoms with Crippen LogP contribution in [0.3, 0.4) is 0 Å². The molecule has 0 aromatic heterocycles. The number of hydrogen-bond donors (Lipinski definition) is 2. The van der Waals surface area contributed by atoms with Gasteiger partial charge in [0.15, 0.2) is 11.5 Å². The molecule has 6 heteroatoms. The zero-order chi connectivity index (χ0) is 15.5. The van der Waals surface area contributed by atoms with E-state index in [1.165, 1.54) is 11.8 Å². The van der Waals surface area contributed by atoms with Crippen molar-refractivity contribution in [3.05, 3.63) is 23.8 Å². The number of thioether (sulfide) groups is 1. The first kappa shape index (κ1) is 15.9. The second kappa shape index (κ2) is 6.49. The van der Waals surface area contributed by atoms with Crippen molar-refractivity contribution in [3.63, 3.8) is 0 Å². The van der Waals surface area contributed by atoms with Crippen LogP contribution >= 0.6 is 11.8 Å². The highest BCUT2D eigenvalue weighted by Crippen LogP contribution is 2.36. The molecule has 1 aliphatic heterocycles. The number of phenols is 1. The molecule has 2 N–H and O–H groups in total. The molecule has 114 valence electrons. The predicted octanol–water partition coefficient (Wildman–Crippen LogP) is 1.99. The number of benzene rings is 1. The summed E-state index contributed by atoms with van der Waals surface area (Å²) in [5, 5.41) is 20.1. The Morgan fingerprint density at radius 1 is 1.52 bits per heavy atom. The molecule has 0 saturated heterocycles. The molecule has 0 radical (unpaired) electrons. The Morgan fingerprint density at radius 2 is 2.29 bits per heavy atom. The average Bonchev–Trinajstić information content (AvgIpc) is 2.89. The van der Waals surface area contributed by atoms with E-state index in [-0.39, 0.29) is 18.4 Å². The Morgan fingerprint density at radius 3 is 2.90 bits per heavy atom. The zero-order valence-electron chi connectivity index (χ0n) is 12.1. The summed E-state index contributed by atoms with van der Waals surface area (Å²) >= 11 is 1.44. The van der Waals surface area contributed by atoms with Gasteiger partial charge in [0, 0.05) is 18.8 Å². The molecule has 1 aromatic rings. The Balaban J connectivity index is 2.27. The van der Waals surface area contributed by atoms with Crippen molar-refractivity contribution in [2.75, 3.05) is 12.4 Å². The molecule has 1 aliphatic rings. The first-order valence-electron chi connectivity index (χ1n) is 6.75. The zero-order valence-corrected chi connectivity index (χ0v) is 12.9. The van der Waals surface area contributed by atoms with Crippen molar-refractivity contribution in [1.82, 2.24) is 0 Å². The summed E-state index contributed by atoms with van der Waals surface area (Å²) in [4.78, 5) is 15.0. The first-order valence-corrected chi connectivity index (χ1v) is 7.73. The highest BCUT2D eigenvalue weighted by Gasteiger charge is 2.25. The van der Waals surface area contributed by atoms with Crippen LogP contribution in [0.25, 0.3) is 0 Å². The van der Waals surface area contributed by atoms with Crippen molar-refractivity contribution < 1.29 is 19.7 Å². The number of aliphatic hydroxyl groups is 1. The van der Waals surface area contributed by atoms with Gasteiger partial charge in [-0.3, -0.25) is 4.99 Å². The van der Waals surface area contributed by atoms with Crippen molar-refractivity contribution in [2.24, 2.45) is 4.99 Å². The monoisotopic (exact) mass is 309 g/mol. The van der Waals surface area contributed by atoms with E-state index in [9.17, 15) is 9.90 Å². The minimum atomic E-state index is -0.583. The number of phenolic OH excluding ortho intramolecular Hbond substituents is 1. The smallest absolute Gasteiger partial charge is 0.167 e. The summed E-state index contributed by atoms with van der Waals surface area (Å²) in [6.45, 7) is 3.70. The Labute approximate surface area is 128 Å². The lowest BCUT2D eigenvalue weighted by Gasteiger charge is -2.26. The van der Waals surface area contributed by atoms with E-state index in [0.717, 1.165) is 6.29 Å². The fourth-order valence-corrected chi connectivity index (χ4v) is 3.01. The lowest BCUT2D eigenvalue weighted by Crippen LogP contribution is -2.29. The van der Waals surface area contributed by atoms with E-state index in [0.29, 0.717) is 28.5 Å². The Bertz CT molecular complexity index is 557. The maximum Gasteiger partial charge on any atom is 0.167 e. The number of aldehydes is 1. The van der Waals surface area contributed by atoms with Crippen LogP contribution in [0, 0.1) is 0 Å². The summed E-state index contributed by atoms with van der Waals surface area (Å²) in [7, 11) is 0. The number of rotatable bonds is 6. The van der Waals surface area contributed by atoms with E-state index in [1.807, 2.05) is 13.8 Å². The van der Waals surface area contributed by atoms with Crippen LogP contribution in [0.5, 0.6) is 11.5 Å². The second-order valence-corrected chi connectivity index (χ2v) is 6.45. The molecule has 0 saturated carbocycles. The van der Waals surface area contributed by atoms with Gasteiger partial charge in [-0.1, -0.05) is 6.07 Å². The third-order valence-corrected chi connectivity index (χ3v) is 4.27. The third kappa shape index (κ3) is 3.77. The van der Waals surface area contributed by atoms with Crippen LogP contribution in [0.4, 0.5) is 0 Å². The SMILES string of the molecule is CC(C)(CCO)Oc1cccc(C2=NC(C=O)CS2)c1O. The fraction of sp³-hybridized carbons (Fsp3) is 0.467. The molecule has 1 heterocycles. The van der Waals surface area contributed by atoms with E-state index < -0.39 is 5.60 Å². The van der Waals surface area contributed by atoms with Gasteiger partial charge in [0.1, 0.15) is 23.0 Å². The maximum atomic E-state index is 10.8. The molecule has 0 amide bonds. The van der Waals surface area contributed by atoms with Crippen molar-refractivity contribution >= 4 is 23.1 Å². The number of nitrogens with zero attached hydrogens (tertiary/aromatic N) is 1. The third-order valence-electron chi connectivity index (χ3n) is 3.16. The molecule has 21 heavy (non-hydrogen) atoms. The number of carbonyl (C=O) groups is 1. The van der Waals surface area contributed by atoms with Crippen LogP contribution in [-0.2, 0) is 4.79 Å². The van der Waals surface area contributed by atoms with Gasteiger partial charge in [-0.05, 0) is 26.0 Å². The minimum Gasteiger partial charge on any atom is -0.504 e. The fourth-order valence-electron chi connectivity index (χ4n) is 2.00. The molecule has 0 bridgehead atoms. The van der Waals surface area contributed by atoms with Gasteiger partial charge in [-0.15, -0.1) is 11.8 Å². The summed E-state index contributed by atoms with van der Waals surface area (Å²) in [5.74, 6) is 0.962. The number of aliphatic imine (C=N–C) groups is 1. The molecule has 1 atom stereocenters. The van der Waals surface area contributed by atoms with Gasteiger partial charge in [-0.25, -0.2) is 0 Å². The van der Waals surface area contributed by atoms with Crippen molar-refractivity contribution in [3.8, 4) is 11.5 Å². The van der Waals surface area contributed by atoms with E-state index in [1.54, 1.807) is 18.2 Å². The Kier molecular flexibility index (Phi) is 4.90. The average molecular weight is 309 g/mol. The summed E-state index contributed by atoms with van der Waals surface area (Å²) in [5.41, 5.74) is -0.0116. The van der Waals surface area contributed by atoms with Crippen LogP contribution in [0.15, 0.2) is 23.2 Å². The van der Waals surface area contributed by atoms with Crippen LogP contribution < -0.4 is 4.74 Å². The molecular formula is C15H19NO4S. The van der Waals surface area contributed by atoms with Crippen LogP contribution in [0.1, 0.15) is 25.8 Å². The van der Waals surface area contributed by atoms with Gasteiger partial charge in [0.25, 0.3) is 0 Å². The number of hydrogen-bond acceptors (Lipinski definition) is 6. The largest absolute Gasteiger partial charge is 0.504 e. The van der Waals surface area contributed by atoms with E-state index >= 15 is 0 Å². The maximum absolute atomic E-state index is 10.8. The van der Waals surface area contributed by atoms with Gasteiger partial charge in [0.05, 0.1) is 5.56 Å². The molecule has 2 rings (SSSR count). The molecular weight excluding hydrogens is 290 g/mol. The molecule has 5 nitrogen and oxygen atoms in total. The number of aromatic hydroxyl groups is 1. The summed E-state index contributed by atoms with van der Waals surface area (Å²) in [6, 6.07) is 4.85. The summed E-state index contributed by atoms with van der Waals surface area (Å²) < 4.78 is 5.78. The summed E-state index contributed by atoms with van der Waals surface area (Å²) in [6.07, 6.45) is 1.27. The normalized spacial score (nSPS) is 18.4. The van der Waals surface area contributed by atoms with Crippen molar-refractivity contribution in [1.29, 1.82) is 0 Å². The van der Waals surface area contributed by atoms with Gasteiger partial charge in [0.2, 0.25) is 0 Å². The van der Waals surface area contributed by atoms with Gasteiger partial charge < -0.3 is 19.7 Å². The van der Waals surface area contributed by atoms with E-state index in [2.05, 4.69) is 4.99 Å². The molecule has 1 unspecified atom stereocenters. The number of ether oxygens (including phenoxy) is 1. The highest BCUT2D eigenvalue weighted by atomic mass is 32.2. The molecule has 1 aromatic carbocycles. The van der Waals surface area contributed by atoms with Crippen LogP contribution in [-0.4, -0.2) is 45.5 Å². The van der Waals surface area contributed by atoms with Gasteiger partial charge in [-0.2, -0.15) is 0 Å². The predicted molar refractivity (Wildman–Crippen MR) is 83.4 cm³/mol. The lowest BCUT2D eigenvalue weighted by atomic mass is 10.1. The molecule has 0 spiro atoms. The first-order chi connectivity index (χ1) is 9.96. The van der Waals surface area contributed by atoms with Crippen LogP contribution in [0.2, 0.25) is 0 Å². The lowest BCUT2D eigenvalue weighted by molar-refractivity contribution is -0.108. The quantitative estimate of drug-likeness (QED) is 0.786. The van der Waals surface area contributed by atoms with E-state index in [4.69, 9.17) is 9.84 Å². The highest BCUT2D eigenvalue weighted by molar-refractivity contribution is 8.14. The Hall–Kier alpha value is -1.53. The minimum absolute atomic E-state index is 0.0109. The topological polar surface area (TPSA) is 79.1 Å². The number of aliphatic hydroxyl groups excluding tert-OH is 1. The second-order valence-electron chi connectivity index (χ2n) is 5.44. The number of para-hydroxylation sites is 1. The molecule has 0 fully saturated rings. The van der Waals surface area contributed by atoms with Crippen molar-refractivity contribution in [2.45, 2.75) is 31.9 Å². The standard InChI is InChI=1S/C15H19NO4S/c1-15(2,6-7-17)20-12-5-3-4-11(13(12)19)14-16-10(8-18)9-21-14/h3-5,8,10,17,19H,6-7,9H2,1-2H3.